The molecule has 2 heteroatoms. The first-order chi connectivity index (χ1) is 6.10. The highest BCUT2D eigenvalue weighted by Gasteiger charge is 2.17. The van der Waals surface area contributed by atoms with E-state index in [1.807, 2.05) is 12.1 Å². The van der Waals surface area contributed by atoms with E-state index in [-0.39, 0.29) is 5.41 Å². The van der Waals surface area contributed by atoms with Crippen LogP contribution in [0.2, 0.25) is 0 Å². The van der Waals surface area contributed by atoms with Crippen LogP contribution in [0.15, 0.2) is 24.3 Å². The van der Waals surface area contributed by atoms with E-state index in [1.165, 1.54) is 5.56 Å². The van der Waals surface area contributed by atoms with Crippen molar-refractivity contribution >= 4 is 0 Å². The number of hydrogen-bond acceptors (Lipinski definition) is 2. The normalized spacial score (nSPS) is 11.4. The van der Waals surface area contributed by atoms with Crippen LogP contribution < -0.4 is 4.89 Å². The summed E-state index contributed by atoms with van der Waals surface area (Å²) in [7, 11) is 0. The Bertz CT molecular complexity index is 262. The van der Waals surface area contributed by atoms with Crippen LogP contribution in [0.25, 0.3) is 0 Å². The molecule has 0 saturated carbocycles. The molecule has 0 aliphatic rings. The highest BCUT2D eigenvalue weighted by molar-refractivity contribution is 5.31. The summed E-state index contributed by atoms with van der Waals surface area (Å²) in [6, 6.07) is 7.50. The van der Waals surface area contributed by atoms with Gasteiger partial charge in [0.25, 0.3) is 0 Å². The van der Waals surface area contributed by atoms with Gasteiger partial charge in [-0.25, -0.2) is 5.26 Å². The largest absolute Gasteiger partial charge is 0.340 e. The number of hydrogen-bond donors (Lipinski definition) is 1. The third-order valence-electron chi connectivity index (χ3n) is 2.63. The molecule has 0 atom stereocenters. The fraction of sp³-hybridized carbons (Fsp3) is 0.455. The molecule has 0 aliphatic carbocycles. The molecule has 2 nitrogen and oxygen atoms in total. The van der Waals surface area contributed by atoms with Crippen molar-refractivity contribution in [1.29, 1.82) is 0 Å². The maximum atomic E-state index is 8.39. The minimum atomic E-state index is 0.188. The van der Waals surface area contributed by atoms with Crippen LogP contribution in [0.1, 0.15) is 32.8 Å². The van der Waals surface area contributed by atoms with E-state index in [1.54, 1.807) is 12.1 Å². The van der Waals surface area contributed by atoms with Gasteiger partial charge in [-0.2, -0.15) is 0 Å². The van der Waals surface area contributed by atoms with Crippen LogP contribution in [0.3, 0.4) is 0 Å². The molecule has 1 rings (SSSR count). The topological polar surface area (TPSA) is 29.5 Å². The van der Waals surface area contributed by atoms with E-state index in [0.717, 1.165) is 6.42 Å². The molecule has 1 aromatic rings. The lowest BCUT2D eigenvalue weighted by molar-refractivity contribution is -0.137. The van der Waals surface area contributed by atoms with Crippen LogP contribution in [-0.4, -0.2) is 5.26 Å². The van der Waals surface area contributed by atoms with Crippen LogP contribution in [0.4, 0.5) is 0 Å². The van der Waals surface area contributed by atoms with Crippen molar-refractivity contribution in [1.82, 2.24) is 0 Å². The molecule has 0 spiro atoms. The van der Waals surface area contributed by atoms with E-state index in [4.69, 9.17) is 5.26 Å². The fourth-order valence-electron chi connectivity index (χ4n) is 1.17. The van der Waals surface area contributed by atoms with Crippen LogP contribution in [-0.2, 0) is 5.41 Å². The third kappa shape index (κ3) is 2.22. The Morgan fingerprint density at radius 3 is 2.15 bits per heavy atom. The summed E-state index contributed by atoms with van der Waals surface area (Å²) in [5, 5.41) is 8.39. The first kappa shape index (κ1) is 10.1. The molecular weight excluding hydrogens is 164 g/mol. The zero-order chi connectivity index (χ0) is 9.90. The molecule has 0 amide bonds. The second-order valence-corrected chi connectivity index (χ2v) is 3.85. The number of rotatable bonds is 3. The molecule has 13 heavy (non-hydrogen) atoms. The summed E-state index contributed by atoms with van der Waals surface area (Å²) >= 11 is 0. The maximum absolute atomic E-state index is 8.39. The molecular formula is C11H16O2. The standard InChI is InChI=1S/C11H16O2/c1-4-11(2,3)9-5-7-10(13-12)8-6-9/h5-8,12H,4H2,1-3H3. The van der Waals surface area contributed by atoms with Gasteiger partial charge in [0.2, 0.25) is 0 Å². The zero-order valence-corrected chi connectivity index (χ0v) is 8.37. The smallest absolute Gasteiger partial charge is 0.165 e. The van der Waals surface area contributed by atoms with Gasteiger partial charge in [0.15, 0.2) is 5.75 Å². The van der Waals surface area contributed by atoms with Crippen molar-refractivity contribution < 1.29 is 10.1 Å². The predicted octanol–water partition coefficient (Wildman–Crippen LogP) is 3.23. The average molecular weight is 180 g/mol. The molecule has 0 radical (unpaired) electrons. The van der Waals surface area contributed by atoms with Gasteiger partial charge in [-0.05, 0) is 29.5 Å². The second kappa shape index (κ2) is 3.79. The molecule has 0 saturated heterocycles. The van der Waals surface area contributed by atoms with E-state index in [0.29, 0.717) is 5.75 Å². The SMILES string of the molecule is CCC(C)(C)c1ccc(OO)cc1. The van der Waals surface area contributed by atoms with Crippen molar-refractivity contribution in [2.45, 2.75) is 32.6 Å². The lowest BCUT2D eigenvalue weighted by Crippen LogP contribution is -2.14. The summed E-state index contributed by atoms with van der Waals surface area (Å²) in [5.74, 6) is 0.482. The molecule has 0 heterocycles. The highest BCUT2D eigenvalue weighted by Crippen LogP contribution is 2.27. The van der Waals surface area contributed by atoms with Gasteiger partial charge in [-0.1, -0.05) is 32.9 Å². The summed E-state index contributed by atoms with van der Waals surface area (Å²) in [5.41, 5.74) is 1.45. The Hall–Kier alpha value is -1.02. The summed E-state index contributed by atoms with van der Waals surface area (Å²) in [4.78, 5) is 4.12. The van der Waals surface area contributed by atoms with Crippen LogP contribution >= 0.6 is 0 Å². The molecule has 0 unspecified atom stereocenters. The van der Waals surface area contributed by atoms with E-state index < -0.39 is 0 Å². The Morgan fingerprint density at radius 2 is 1.77 bits per heavy atom. The van der Waals surface area contributed by atoms with Crippen molar-refractivity contribution in [2.24, 2.45) is 0 Å². The predicted molar refractivity (Wildman–Crippen MR) is 53.0 cm³/mol. The van der Waals surface area contributed by atoms with Crippen LogP contribution in [0.5, 0.6) is 5.75 Å². The monoisotopic (exact) mass is 180 g/mol. The Kier molecular flexibility index (Phi) is 2.94. The molecule has 0 fully saturated rings. The second-order valence-electron chi connectivity index (χ2n) is 3.85. The quantitative estimate of drug-likeness (QED) is 0.571. The molecule has 1 N–H and O–H groups in total. The summed E-state index contributed by atoms with van der Waals surface area (Å²) in [6.45, 7) is 6.56. The fourth-order valence-corrected chi connectivity index (χ4v) is 1.17. The van der Waals surface area contributed by atoms with E-state index in [9.17, 15) is 0 Å². The van der Waals surface area contributed by atoms with Gasteiger partial charge >= 0.3 is 0 Å². The molecule has 0 bridgehead atoms. The van der Waals surface area contributed by atoms with Gasteiger partial charge < -0.3 is 4.89 Å². The lowest BCUT2D eigenvalue weighted by Gasteiger charge is -2.23. The van der Waals surface area contributed by atoms with Crippen molar-refractivity contribution in [3.8, 4) is 5.75 Å². The van der Waals surface area contributed by atoms with Crippen molar-refractivity contribution in [3.63, 3.8) is 0 Å². The minimum absolute atomic E-state index is 0.188. The van der Waals surface area contributed by atoms with Gasteiger partial charge in [0.05, 0.1) is 0 Å². The van der Waals surface area contributed by atoms with Gasteiger partial charge in [0.1, 0.15) is 0 Å². The van der Waals surface area contributed by atoms with Gasteiger partial charge in [-0.3, -0.25) is 0 Å². The van der Waals surface area contributed by atoms with Gasteiger partial charge in [-0.15, -0.1) is 0 Å². The lowest BCUT2D eigenvalue weighted by atomic mass is 9.82. The highest BCUT2D eigenvalue weighted by atomic mass is 17.1. The Labute approximate surface area is 79.1 Å². The Balaban J connectivity index is 2.92. The summed E-state index contributed by atoms with van der Waals surface area (Å²) < 4.78 is 0. The van der Waals surface area contributed by atoms with E-state index >= 15 is 0 Å². The third-order valence-corrected chi connectivity index (χ3v) is 2.63. The molecule has 0 aliphatic heterocycles. The average Bonchev–Trinajstić information content (AvgIpc) is 2.18. The maximum Gasteiger partial charge on any atom is 0.165 e. The van der Waals surface area contributed by atoms with Crippen LogP contribution in [0, 0.1) is 0 Å². The number of benzene rings is 1. The van der Waals surface area contributed by atoms with Crippen molar-refractivity contribution in [2.75, 3.05) is 0 Å². The van der Waals surface area contributed by atoms with Gasteiger partial charge in [0, 0.05) is 0 Å². The van der Waals surface area contributed by atoms with Crippen molar-refractivity contribution in [3.05, 3.63) is 29.8 Å². The first-order valence-corrected chi connectivity index (χ1v) is 4.52. The molecule has 0 aromatic heterocycles. The zero-order valence-electron chi connectivity index (χ0n) is 8.37. The minimum Gasteiger partial charge on any atom is -0.340 e. The summed E-state index contributed by atoms with van der Waals surface area (Å²) in [6.07, 6.45) is 1.09. The first-order valence-electron chi connectivity index (χ1n) is 4.52. The molecule has 72 valence electrons. The van der Waals surface area contributed by atoms with E-state index in [2.05, 4.69) is 25.7 Å². The Morgan fingerprint density at radius 1 is 1.23 bits per heavy atom. The molecule has 1 aromatic carbocycles.